The molecule has 34 heavy (non-hydrogen) atoms. The van der Waals surface area contributed by atoms with Gasteiger partial charge in [0.1, 0.15) is 19.1 Å². The number of piperidine rings is 1. The van der Waals surface area contributed by atoms with Crippen molar-refractivity contribution in [3.05, 3.63) is 71.4 Å². The largest absolute Gasteiger partial charge is 0.445 e. The van der Waals surface area contributed by atoms with Crippen molar-refractivity contribution >= 4 is 16.9 Å². The van der Waals surface area contributed by atoms with Gasteiger partial charge in [0.2, 0.25) is 11.8 Å². The monoisotopic (exact) mass is 456 g/mol. The zero-order valence-electron chi connectivity index (χ0n) is 18.3. The summed E-state index contributed by atoms with van der Waals surface area (Å²) in [5.41, 5.74) is 2.82. The molecule has 2 aliphatic rings. The highest BCUT2D eigenvalue weighted by atomic mass is 16.5. The molecule has 2 atom stereocenters. The fourth-order valence-electron chi connectivity index (χ4n) is 5.12. The van der Waals surface area contributed by atoms with Crippen LogP contribution < -0.4 is 10.5 Å². The van der Waals surface area contributed by atoms with Crippen LogP contribution >= 0.6 is 0 Å². The Morgan fingerprint density at radius 2 is 1.97 bits per heavy atom. The first-order valence-electron chi connectivity index (χ1n) is 11.1. The molecule has 170 valence electrons. The van der Waals surface area contributed by atoms with Gasteiger partial charge in [0.05, 0.1) is 12.5 Å². The second kappa shape index (κ2) is 7.11. The predicted molar refractivity (Wildman–Crippen MR) is 120 cm³/mol. The third-order valence-corrected chi connectivity index (χ3v) is 6.87. The van der Waals surface area contributed by atoms with Crippen molar-refractivity contribution in [2.75, 3.05) is 18.0 Å². The summed E-state index contributed by atoms with van der Waals surface area (Å²) in [6.07, 6.45) is 6.28. The van der Waals surface area contributed by atoms with Gasteiger partial charge in [-0.15, -0.1) is 0 Å². The third-order valence-electron chi connectivity index (χ3n) is 6.87. The highest BCUT2D eigenvalue weighted by Crippen LogP contribution is 2.58. The number of rotatable bonds is 5. The van der Waals surface area contributed by atoms with Crippen LogP contribution in [0.1, 0.15) is 17.6 Å². The molecule has 2 fully saturated rings. The fraction of sp³-hybridized carbons (Fsp3) is 0.304. The van der Waals surface area contributed by atoms with E-state index in [0.29, 0.717) is 34.8 Å². The zero-order valence-corrected chi connectivity index (χ0v) is 18.3. The molecule has 0 spiro atoms. The van der Waals surface area contributed by atoms with Crippen LogP contribution in [0.15, 0.2) is 63.1 Å². The Labute approximate surface area is 192 Å². The molecule has 5 aromatic rings. The van der Waals surface area contributed by atoms with E-state index in [2.05, 4.69) is 42.1 Å². The highest BCUT2D eigenvalue weighted by Gasteiger charge is 2.58. The summed E-state index contributed by atoms with van der Waals surface area (Å²) in [4.78, 5) is 32.3. The Hall–Kier alpha value is -4.28. The van der Waals surface area contributed by atoms with Gasteiger partial charge in [0, 0.05) is 37.3 Å². The second-order valence-electron chi connectivity index (χ2n) is 8.90. The van der Waals surface area contributed by atoms with Crippen molar-refractivity contribution in [2.45, 2.75) is 12.5 Å². The lowest BCUT2D eigenvalue weighted by molar-refractivity contribution is 0.363. The van der Waals surface area contributed by atoms with Crippen LogP contribution in [0, 0.1) is 11.8 Å². The number of hydrogen-bond donors (Lipinski definition) is 0. The van der Waals surface area contributed by atoms with Gasteiger partial charge < -0.3 is 18.4 Å². The van der Waals surface area contributed by atoms with Crippen LogP contribution in [-0.2, 0) is 13.6 Å². The van der Waals surface area contributed by atoms with E-state index in [4.69, 9.17) is 8.94 Å². The van der Waals surface area contributed by atoms with Gasteiger partial charge in [-0.25, -0.2) is 15.0 Å². The standard InChI is InChI=1S/C23H20N8O3/c1-29-11-25-21-19(29)23(32)31(12-26-21)10-17-27-20(28-34-17)18-15-8-30(9-16(15)18)14-4-2-3-13(7-14)22-24-5-6-33-22/h2-7,11-12,15-16,18H,8-10H2,1H3. The van der Waals surface area contributed by atoms with E-state index in [1.54, 1.807) is 30.4 Å². The molecule has 0 amide bonds. The SMILES string of the molecule is Cn1cnc2ncn(Cc3nc(C4C5CN(c6cccc(-c7ncco7)c6)CC54)no3)c(=O)c21. The number of anilines is 1. The maximum absolute atomic E-state index is 12.8. The van der Waals surface area contributed by atoms with Gasteiger partial charge in [-0.1, -0.05) is 11.2 Å². The maximum Gasteiger partial charge on any atom is 0.280 e. The Balaban J connectivity index is 1.05. The molecule has 1 aromatic carbocycles. The van der Waals surface area contributed by atoms with E-state index >= 15 is 0 Å². The lowest BCUT2D eigenvalue weighted by atomic mass is 10.1. The first-order valence-corrected chi connectivity index (χ1v) is 11.1. The first-order chi connectivity index (χ1) is 16.7. The molecule has 7 rings (SSSR count). The van der Waals surface area contributed by atoms with E-state index in [1.807, 2.05) is 12.1 Å². The smallest absolute Gasteiger partial charge is 0.280 e. The maximum atomic E-state index is 12.8. The van der Waals surface area contributed by atoms with Crippen LogP contribution in [0.25, 0.3) is 22.6 Å². The normalized spacial score (nSPS) is 21.3. The number of fused-ring (bicyclic) bond motifs is 2. The summed E-state index contributed by atoms with van der Waals surface area (Å²) in [6, 6.07) is 8.26. The molecule has 11 nitrogen and oxygen atoms in total. The van der Waals surface area contributed by atoms with Crippen molar-refractivity contribution in [3.8, 4) is 11.5 Å². The average molecular weight is 456 g/mol. The van der Waals surface area contributed by atoms with Crippen molar-refractivity contribution in [1.29, 1.82) is 0 Å². The highest BCUT2D eigenvalue weighted by molar-refractivity contribution is 5.68. The number of benzene rings is 1. The predicted octanol–water partition coefficient (Wildman–Crippen LogP) is 2.07. The van der Waals surface area contributed by atoms with Crippen LogP contribution in [0.4, 0.5) is 5.69 Å². The molecule has 0 radical (unpaired) electrons. The molecule has 0 bridgehead atoms. The molecular formula is C23H20N8O3. The second-order valence-corrected chi connectivity index (χ2v) is 8.90. The van der Waals surface area contributed by atoms with Crippen molar-refractivity contribution in [1.82, 2.24) is 34.2 Å². The van der Waals surface area contributed by atoms with E-state index in [-0.39, 0.29) is 18.0 Å². The summed E-state index contributed by atoms with van der Waals surface area (Å²) in [5, 5.41) is 4.22. The lowest BCUT2D eigenvalue weighted by Gasteiger charge is -2.21. The summed E-state index contributed by atoms with van der Waals surface area (Å²) < 4.78 is 14.0. The molecule has 1 aliphatic heterocycles. The number of aromatic nitrogens is 7. The Kier molecular flexibility index (Phi) is 4.02. The Morgan fingerprint density at radius 3 is 2.79 bits per heavy atom. The topological polar surface area (TPSA) is 121 Å². The van der Waals surface area contributed by atoms with Crippen LogP contribution in [0.5, 0.6) is 0 Å². The van der Waals surface area contributed by atoms with Crippen molar-refractivity contribution in [3.63, 3.8) is 0 Å². The van der Waals surface area contributed by atoms with Gasteiger partial charge >= 0.3 is 0 Å². The molecule has 1 saturated heterocycles. The van der Waals surface area contributed by atoms with Crippen LogP contribution in [0.2, 0.25) is 0 Å². The zero-order chi connectivity index (χ0) is 22.8. The summed E-state index contributed by atoms with van der Waals surface area (Å²) in [7, 11) is 1.77. The third kappa shape index (κ3) is 2.96. The van der Waals surface area contributed by atoms with E-state index < -0.39 is 0 Å². The van der Waals surface area contributed by atoms with Gasteiger partial charge in [-0.3, -0.25) is 9.36 Å². The molecule has 2 unspecified atom stereocenters. The van der Waals surface area contributed by atoms with Gasteiger partial charge in [0.25, 0.3) is 5.56 Å². The molecular weight excluding hydrogens is 436 g/mol. The van der Waals surface area contributed by atoms with Crippen LogP contribution in [0.3, 0.4) is 0 Å². The number of imidazole rings is 1. The molecule has 4 aromatic heterocycles. The summed E-state index contributed by atoms with van der Waals surface area (Å²) in [6.45, 7) is 2.06. The lowest BCUT2D eigenvalue weighted by Crippen LogP contribution is -2.24. The number of hydrogen-bond acceptors (Lipinski definition) is 9. The van der Waals surface area contributed by atoms with Gasteiger partial charge in [0.15, 0.2) is 17.0 Å². The Morgan fingerprint density at radius 1 is 1.12 bits per heavy atom. The van der Waals surface area contributed by atoms with E-state index in [9.17, 15) is 4.79 Å². The molecule has 1 aliphatic carbocycles. The minimum atomic E-state index is -0.185. The number of nitrogens with zero attached hydrogens (tertiary/aromatic N) is 8. The van der Waals surface area contributed by atoms with E-state index in [0.717, 1.165) is 30.2 Å². The minimum Gasteiger partial charge on any atom is -0.445 e. The van der Waals surface area contributed by atoms with Gasteiger partial charge in [-0.2, -0.15) is 4.98 Å². The first kappa shape index (κ1) is 19.2. The average Bonchev–Trinajstić information content (AvgIpc) is 3.47. The molecule has 5 heterocycles. The van der Waals surface area contributed by atoms with Crippen LogP contribution in [-0.4, -0.2) is 47.3 Å². The minimum absolute atomic E-state index is 0.182. The molecule has 1 saturated carbocycles. The van der Waals surface area contributed by atoms with Gasteiger partial charge in [-0.05, 0) is 30.0 Å². The number of oxazole rings is 1. The molecule has 11 heteroatoms. The number of aryl methyl sites for hydroxylation is 1. The summed E-state index contributed by atoms with van der Waals surface area (Å²) >= 11 is 0. The quantitative estimate of drug-likeness (QED) is 0.391. The van der Waals surface area contributed by atoms with E-state index in [1.165, 1.54) is 10.9 Å². The Bertz CT molecular complexity index is 1550. The summed E-state index contributed by atoms with van der Waals surface area (Å²) in [5.74, 6) is 3.03. The molecule has 0 N–H and O–H groups in total. The van der Waals surface area contributed by atoms with Crippen molar-refractivity contribution in [2.24, 2.45) is 18.9 Å². The fourth-order valence-corrected chi connectivity index (χ4v) is 5.12. The van der Waals surface area contributed by atoms with Crippen molar-refractivity contribution < 1.29 is 8.94 Å².